The van der Waals surface area contributed by atoms with Gasteiger partial charge in [-0.25, -0.2) is 0 Å². The van der Waals surface area contributed by atoms with Crippen molar-refractivity contribution in [3.63, 3.8) is 0 Å². The van der Waals surface area contributed by atoms with Gasteiger partial charge in [-0.05, 0) is 12.5 Å². The molecule has 3 nitrogen and oxygen atoms in total. The second kappa shape index (κ2) is 2.71. The molecule has 0 bridgehead atoms. The number of rotatable bonds is 0. The lowest BCUT2D eigenvalue weighted by Gasteiger charge is -1.95. The number of nitrogens with zero attached hydrogens (tertiary/aromatic N) is 2. The minimum Gasteiger partial charge on any atom is -0.499 e. The molecule has 2 aromatic heterocycles. The highest BCUT2D eigenvalue weighted by Crippen LogP contribution is 2.32. The van der Waals surface area contributed by atoms with E-state index in [0.29, 0.717) is 5.56 Å². The van der Waals surface area contributed by atoms with Crippen molar-refractivity contribution in [2.75, 3.05) is 0 Å². The molecular weight excluding hydrogens is 184 g/mol. The van der Waals surface area contributed by atoms with Crippen molar-refractivity contribution in [3.05, 3.63) is 23.4 Å². The molecule has 0 aromatic carbocycles. The first-order valence-corrected chi connectivity index (χ1v) is 4.52. The van der Waals surface area contributed by atoms with Crippen molar-refractivity contribution in [2.24, 2.45) is 0 Å². The highest BCUT2D eigenvalue weighted by molar-refractivity contribution is 7.20. The topological polar surface area (TPSA) is 56.9 Å². The summed E-state index contributed by atoms with van der Waals surface area (Å²) in [5.74, 6) is 0. The van der Waals surface area contributed by atoms with Crippen molar-refractivity contribution < 1.29 is 5.11 Å². The molecule has 1 N–H and O–H groups in total. The SMILES string of the molecule is Cc1c(C#N)cnc2cc(O)sc12. The van der Waals surface area contributed by atoms with Crippen LogP contribution in [0.5, 0.6) is 5.06 Å². The Kier molecular flexibility index (Phi) is 1.67. The van der Waals surface area contributed by atoms with Gasteiger partial charge in [-0.1, -0.05) is 11.3 Å². The van der Waals surface area contributed by atoms with Crippen LogP contribution in [-0.4, -0.2) is 10.1 Å². The third-order valence-corrected chi connectivity index (χ3v) is 2.94. The molecule has 2 rings (SSSR count). The van der Waals surface area contributed by atoms with Crippen LogP contribution in [0.25, 0.3) is 10.2 Å². The minimum atomic E-state index is 0.237. The van der Waals surface area contributed by atoms with E-state index < -0.39 is 0 Å². The average molecular weight is 190 g/mol. The Hall–Kier alpha value is -1.60. The van der Waals surface area contributed by atoms with Crippen molar-refractivity contribution in [1.29, 1.82) is 5.26 Å². The molecule has 64 valence electrons. The van der Waals surface area contributed by atoms with Crippen LogP contribution < -0.4 is 0 Å². The van der Waals surface area contributed by atoms with E-state index in [1.165, 1.54) is 17.5 Å². The van der Waals surface area contributed by atoms with E-state index in [-0.39, 0.29) is 5.06 Å². The molecule has 0 unspecified atom stereocenters. The van der Waals surface area contributed by atoms with Crippen molar-refractivity contribution >= 4 is 21.6 Å². The Bertz CT molecular complexity index is 510. The molecule has 0 fully saturated rings. The largest absolute Gasteiger partial charge is 0.499 e. The van der Waals surface area contributed by atoms with E-state index in [2.05, 4.69) is 11.1 Å². The Morgan fingerprint density at radius 2 is 2.38 bits per heavy atom. The molecule has 0 radical (unpaired) electrons. The fraction of sp³-hybridized carbons (Fsp3) is 0.111. The van der Waals surface area contributed by atoms with Gasteiger partial charge in [0, 0.05) is 12.3 Å². The Labute approximate surface area is 78.9 Å². The zero-order valence-electron chi connectivity index (χ0n) is 6.90. The molecule has 0 amide bonds. The third kappa shape index (κ3) is 1.14. The third-order valence-electron chi connectivity index (χ3n) is 1.90. The van der Waals surface area contributed by atoms with Crippen molar-refractivity contribution in [3.8, 4) is 11.1 Å². The Morgan fingerprint density at radius 1 is 1.62 bits per heavy atom. The minimum absolute atomic E-state index is 0.237. The molecule has 0 saturated carbocycles. The zero-order valence-corrected chi connectivity index (χ0v) is 7.72. The van der Waals surface area contributed by atoms with Gasteiger partial charge in [0.15, 0.2) is 5.06 Å². The summed E-state index contributed by atoms with van der Waals surface area (Å²) in [5.41, 5.74) is 2.20. The van der Waals surface area contributed by atoms with Crippen LogP contribution in [0.15, 0.2) is 12.3 Å². The molecule has 0 aliphatic rings. The fourth-order valence-corrected chi connectivity index (χ4v) is 2.06. The van der Waals surface area contributed by atoms with Crippen LogP contribution in [-0.2, 0) is 0 Å². The highest BCUT2D eigenvalue weighted by atomic mass is 32.1. The lowest BCUT2D eigenvalue weighted by atomic mass is 10.2. The van der Waals surface area contributed by atoms with E-state index in [4.69, 9.17) is 5.26 Å². The first-order chi connectivity index (χ1) is 6.22. The van der Waals surface area contributed by atoms with Crippen LogP contribution in [0.3, 0.4) is 0 Å². The standard InChI is InChI=1S/C9H6N2OS/c1-5-6(3-10)4-11-7-2-8(12)13-9(5)7/h2,4,12H,1H3. The first-order valence-electron chi connectivity index (χ1n) is 3.70. The smallest absolute Gasteiger partial charge is 0.173 e. The van der Waals surface area contributed by atoms with Crippen LogP contribution in [0.2, 0.25) is 0 Å². The summed E-state index contributed by atoms with van der Waals surface area (Å²) in [7, 11) is 0. The molecule has 2 heterocycles. The van der Waals surface area contributed by atoms with Gasteiger partial charge < -0.3 is 5.11 Å². The van der Waals surface area contributed by atoms with Gasteiger partial charge in [-0.2, -0.15) is 5.26 Å². The zero-order chi connectivity index (χ0) is 9.42. The van der Waals surface area contributed by atoms with Gasteiger partial charge in [-0.15, -0.1) is 0 Å². The van der Waals surface area contributed by atoms with E-state index >= 15 is 0 Å². The summed E-state index contributed by atoms with van der Waals surface area (Å²) in [4.78, 5) is 4.06. The number of aryl methyl sites for hydroxylation is 1. The molecule has 0 aliphatic carbocycles. The summed E-state index contributed by atoms with van der Waals surface area (Å²) in [6, 6.07) is 3.66. The van der Waals surface area contributed by atoms with Gasteiger partial charge in [0.25, 0.3) is 0 Å². The second-order valence-electron chi connectivity index (χ2n) is 2.71. The maximum absolute atomic E-state index is 9.24. The number of hydrogen-bond acceptors (Lipinski definition) is 4. The molecule has 0 atom stereocenters. The average Bonchev–Trinajstić information content (AvgIpc) is 2.47. The van der Waals surface area contributed by atoms with Crippen LogP contribution in [0, 0.1) is 18.3 Å². The molecule has 2 aromatic rings. The molecule has 0 aliphatic heterocycles. The Balaban J connectivity index is 2.87. The number of thiophene rings is 1. The fourth-order valence-electron chi connectivity index (χ4n) is 1.20. The number of fused-ring (bicyclic) bond motifs is 1. The first kappa shape index (κ1) is 8.02. The maximum Gasteiger partial charge on any atom is 0.173 e. The second-order valence-corrected chi connectivity index (χ2v) is 3.74. The van der Waals surface area contributed by atoms with Gasteiger partial charge in [0.2, 0.25) is 0 Å². The normalized spacial score (nSPS) is 10.2. The summed E-state index contributed by atoms with van der Waals surface area (Å²) in [5, 5.41) is 18.2. The monoisotopic (exact) mass is 190 g/mol. The Morgan fingerprint density at radius 3 is 3.08 bits per heavy atom. The predicted molar refractivity (Wildman–Crippen MR) is 50.7 cm³/mol. The highest BCUT2D eigenvalue weighted by Gasteiger charge is 2.07. The number of pyridine rings is 1. The number of hydrogen-bond donors (Lipinski definition) is 1. The summed E-state index contributed by atoms with van der Waals surface area (Å²) in [6.07, 6.45) is 1.53. The van der Waals surface area contributed by atoms with Crippen LogP contribution >= 0.6 is 11.3 Å². The van der Waals surface area contributed by atoms with E-state index in [9.17, 15) is 5.11 Å². The number of nitriles is 1. The van der Waals surface area contributed by atoms with Gasteiger partial charge in [-0.3, -0.25) is 4.98 Å². The lowest BCUT2D eigenvalue weighted by Crippen LogP contribution is -1.84. The molecule has 13 heavy (non-hydrogen) atoms. The molecule has 4 heteroatoms. The molecule has 0 spiro atoms. The van der Waals surface area contributed by atoms with E-state index in [0.717, 1.165) is 15.8 Å². The summed E-state index contributed by atoms with van der Waals surface area (Å²) < 4.78 is 0.886. The number of aromatic hydroxyl groups is 1. The maximum atomic E-state index is 9.24. The van der Waals surface area contributed by atoms with E-state index in [1.807, 2.05) is 6.92 Å². The van der Waals surface area contributed by atoms with Crippen LogP contribution in [0.1, 0.15) is 11.1 Å². The lowest BCUT2D eigenvalue weighted by molar-refractivity contribution is 0.491. The molecule has 0 saturated heterocycles. The predicted octanol–water partition coefficient (Wildman–Crippen LogP) is 2.18. The van der Waals surface area contributed by atoms with Gasteiger partial charge >= 0.3 is 0 Å². The number of aromatic nitrogens is 1. The molecular formula is C9H6N2OS. The van der Waals surface area contributed by atoms with Crippen molar-refractivity contribution in [2.45, 2.75) is 6.92 Å². The van der Waals surface area contributed by atoms with Crippen LogP contribution in [0.4, 0.5) is 0 Å². The van der Waals surface area contributed by atoms with Gasteiger partial charge in [0.05, 0.1) is 15.8 Å². The quantitative estimate of drug-likeness (QED) is 0.692. The summed E-state index contributed by atoms with van der Waals surface area (Å²) in [6.45, 7) is 1.86. The van der Waals surface area contributed by atoms with E-state index in [1.54, 1.807) is 6.07 Å². The summed E-state index contributed by atoms with van der Waals surface area (Å²) >= 11 is 1.25. The van der Waals surface area contributed by atoms with Gasteiger partial charge in [0.1, 0.15) is 6.07 Å². The van der Waals surface area contributed by atoms with Crippen molar-refractivity contribution in [1.82, 2.24) is 4.98 Å².